The molecule has 2 aromatic carbocycles. The first-order chi connectivity index (χ1) is 11.5. The van der Waals surface area contributed by atoms with Crippen LogP contribution in [0.25, 0.3) is 0 Å². The molecule has 0 radical (unpaired) electrons. The molecule has 0 unspecified atom stereocenters. The summed E-state index contributed by atoms with van der Waals surface area (Å²) in [5, 5.41) is 3.67. The summed E-state index contributed by atoms with van der Waals surface area (Å²) in [4.78, 5) is 12.3. The average Bonchev–Trinajstić information content (AvgIpc) is 2.56. The summed E-state index contributed by atoms with van der Waals surface area (Å²) >= 11 is 5.94. The van der Waals surface area contributed by atoms with Crippen molar-refractivity contribution in [1.29, 1.82) is 0 Å². The van der Waals surface area contributed by atoms with Crippen molar-refractivity contribution in [1.82, 2.24) is 5.32 Å². The van der Waals surface area contributed by atoms with E-state index in [1.165, 1.54) is 5.56 Å². The van der Waals surface area contributed by atoms with Gasteiger partial charge in [-0.05, 0) is 62.9 Å². The van der Waals surface area contributed by atoms with Gasteiger partial charge in [-0.15, -0.1) is 0 Å². The fourth-order valence-electron chi connectivity index (χ4n) is 2.45. The number of aryl methyl sites for hydroxylation is 2. The van der Waals surface area contributed by atoms with Gasteiger partial charge in [0.05, 0.1) is 0 Å². The van der Waals surface area contributed by atoms with Crippen molar-refractivity contribution in [3.8, 4) is 5.75 Å². The van der Waals surface area contributed by atoms with Crippen LogP contribution in [0.4, 0.5) is 0 Å². The van der Waals surface area contributed by atoms with E-state index in [9.17, 15) is 4.79 Å². The van der Waals surface area contributed by atoms with Gasteiger partial charge in [0.25, 0.3) is 5.91 Å². The number of hydrogen-bond donors (Lipinski definition) is 1. The highest BCUT2D eigenvalue weighted by molar-refractivity contribution is 6.30. The molecule has 0 aliphatic rings. The quantitative estimate of drug-likeness (QED) is 0.799. The summed E-state index contributed by atoms with van der Waals surface area (Å²) in [6.07, 6.45) is 1.28. The Morgan fingerprint density at radius 1 is 1.17 bits per heavy atom. The molecule has 128 valence electrons. The molecule has 0 bridgehead atoms. The lowest BCUT2D eigenvalue weighted by Crippen LogP contribution is -2.41. The van der Waals surface area contributed by atoms with E-state index in [2.05, 4.69) is 17.4 Å². The van der Waals surface area contributed by atoms with Crippen molar-refractivity contribution in [2.75, 3.05) is 0 Å². The molecule has 24 heavy (non-hydrogen) atoms. The number of carbonyl (C=O) groups excluding carboxylic acids is 1. The molecule has 0 aromatic heterocycles. The van der Waals surface area contributed by atoms with Gasteiger partial charge in [-0.2, -0.15) is 0 Å². The van der Waals surface area contributed by atoms with Gasteiger partial charge < -0.3 is 10.1 Å². The Hall–Kier alpha value is -2.00. The van der Waals surface area contributed by atoms with Crippen molar-refractivity contribution in [2.45, 2.75) is 45.8 Å². The van der Waals surface area contributed by atoms with Crippen molar-refractivity contribution >= 4 is 17.5 Å². The van der Waals surface area contributed by atoms with Crippen LogP contribution in [0.2, 0.25) is 5.02 Å². The fraction of sp³-hybridized carbons (Fsp3) is 0.350. The zero-order valence-electron chi connectivity index (χ0n) is 14.4. The maximum Gasteiger partial charge on any atom is 0.260 e. The van der Waals surface area contributed by atoms with Crippen LogP contribution < -0.4 is 10.1 Å². The second-order valence-corrected chi connectivity index (χ2v) is 6.54. The van der Waals surface area contributed by atoms with Crippen LogP contribution in [0.5, 0.6) is 5.75 Å². The van der Waals surface area contributed by atoms with Crippen molar-refractivity contribution in [2.24, 2.45) is 0 Å². The van der Waals surface area contributed by atoms with E-state index in [-0.39, 0.29) is 11.9 Å². The van der Waals surface area contributed by atoms with Crippen molar-refractivity contribution in [3.63, 3.8) is 0 Å². The maximum absolute atomic E-state index is 12.3. The highest BCUT2D eigenvalue weighted by atomic mass is 35.5. The number of halogens is 1. The monoisotopic (exact) mass is 345 g/mol. The van der Waals surface area contributed by atoms with Gasteiger partial charge >= 0.3 is 0 Å². The number of carbonyl (C=O) groups is 1. The van der Waals surface area contributed by atoms with Gasteiger partial charge in [-0.3, -0.25) is 4.79 Å². The Morgan fingerprint density at radius 2 is 1.88 bits per heavy atom. The maximum atomic E-state index is 12.3. The Morgan fingerprint density at radius 3 is 2.54 bits per heavy atom. The number of benzene rings is 2. The standard InChI is InChI=1S/C20H24ClNO2/c1-14-13-18(21)11-12-19(14)24-16(3)20(23)22-15(2)9-10-17-7-5-4-6-8-17/h4-8,11-13,15-16H,9-10H2,1-3H3,(H,22,23)/t15-,16-/m1/s1. The summed E-state index contributed by atoms with van der Waals surface area (Å²) in [5.74, 6) is 0.573. The first-order valence-corrected chi connectivity index (χ1v) is 8.60. The largest absolute Gasteiger partial charge is 0.481 e. The number of rotatable bonds is 7. The minimum absolute atomic E-state index is 0.0927. The predicted octanol–water partition coefficient (Wildman–Crippen LogP) is 4.55. The Balaban J connectivity index is 1.82. The molecule has 0 saturated carbocycles. The topological polar surface area (TPSA) is 38.3 Å². The minimum Gasteiger partial charge on any atom is -0.481 e. The molecule has 0 saturated heterocycles. The summed E-state index contributed by atoms with van der Waals surface area (Å²) in [7, 11) is 0. The molecule has 0 spiro atoms. The average molecular weight is 346 g/mol. The van der Waals surface area contributed by atoms with E-state index in [4.69, 9.17) is 16.3 Å². The van der Waals surface area contributed by atoms with E-state index in [1.807, 2.05) is 38.1 Å². The lowest BCUT2D eigenvalue weighted by molar-refractivity contribution is -0.127. The third-order valence-corrected chi connectivity index (χ3v) is 4.14. The van der Waals surface area contributed by atoms with E-state index < -0.39 is 6.10 Å². The highest BCUT2D eigenvalue weighted by Crippen LogP contribution is 2.22. The summed E-state index contributed by atoms with van der Waals surface area (Å²) in [5.41, 5.74) is 2.19. The third-order valence-electron chi connectivity index (χ3n) is 3.91. The zero-order valence-corrected chi connectivity index (χ0v) is 15.1. The molecule has 0 fully saturated rings. The molecule has 1 amide bonds. The zero-order chi connectivity index (χ0) is 17.5. The SMILES string of the molecule is Cc1cc(Cl)ccc1O[C@H](C)C(=O)N[C@H](C)CCc1ccccc1. The normalized spacial score (nSPS) is 13.2. The number of nitrogens with one attached hydrogen (secondary N) is 1. The second-order valence-electron chi connectivity index (χ2n) is 6.10. The van der Waals surface area contributed by atoms with Gasteiger partial charge in [-0.25, -0.2) is 0 Å². The summed E-state index contributed by atoms with van der Waals surface area (Å²) in [6.45, 7) is 5.68. The van der Waals surface area contributed by atoms with Gasteiger partial charge in [-0.1, -0.05) is 41.9 Å². The smallest absolute Gasteiger partial charge is 0.260 e. The lowest BCUT2D eigenvalue weighted by Gasteiger charge is -2.19. The van der Waals surface area contributed by atoms with Crippen molar-refractivity contribution in [3.05, 3.63) is 64.7 Å². The lowest BCUT2D eigenvalue weighted by atomic mass is 10.1. The molecule has 3 nitrogen and oxygen atoms in total. The Kier molecular flexibility index (Phi) is 6.68. The van der Waals surface area contributed by atoms with Crippen LogP contribution in [-0.2, 0) is 11.2 Å². The molecule has 0 aliphatic carbocycles. The van der Waals surface area contributed by atoms with Crippen LogP contribution in [0.15, 0.2) is 48.5 Å². The summed E-state index contributed by atoms with van der Waals surface area (Å²) < 4.78 is 5.75. The van der Waals surface area contributed by atoms with Crippen molar-refractivity contribution < 1.29 is 9.53 Å². The number of ether oxygens (including phenoxy) is 1. The third kappa shape index (κ3) is 5.57. The molecule has 2 rings (SSSR count). The number of amides is 1. The molecule has 1 N–H and O–H groups in total. The molecular weight excluding hydrogens is 322 g/mol. The van der Waals surface area contributed by atoms with Gasteiger partial charge in [0.15, 0.2) is 6.10 Å². The van der Waals surface area contributed by atoms with Crippen LogP contribution in [0.3, 0.4) is 0 Å². The summed E-state index contributed by atoms with van der Waals surface area (Å²) in [6, 6.07) is 15.7. The Labute approximate surface area is 149 Å². The highest BCUT2D eigenvalue weighted by Gasteiger charge is 2.17. The van der Waals surface area contributed by atoms with E-state index in [0.717, 1.165) is 18.4 Å². The molecular formula is C20H24ClNO2. The van der Waals surface area contributed by atoms with E-state index in [1.54, 1.807) is 19.1 Å². The Bertz CT molecular complexity index is 673. The molecule has 2 atom stereocenters. The molecule has 2 aromatic rings. The predicted molar refractivity (Wildman–Crippen MR) is 98.6 cm³/mol. The molecule has 0 aliphatic heterocycles. The van der Waals surface area contributed by atoms with Crippen LogP contribution in [0.1, 0.15) is 31.4 Å². The molecule has 0 heterocycles. The molecule has 4 heteroatoms. The van der Waals surface area contributed by atoms with E-state index in [0.29, 0.717) is 10.8 Å². The second kappa shape index (κ2) is 8.74. The van der Waals surface area contributed by atoms with Gasteiger partial charge in [0, 0.05) is 11.1 Å². The van der Waals surface area contributed by atoms with Crippen LogP contribution in [-0.4, -0.2) is 18.1 Å². The van der Waals surface area contributed by atoms with Gasteiger partial charge in [0.2, 0.25) is 0 Å². The van der Waals surface area contributed by atoms with E-state index >= 15 is 0 Å². The van der Waals surface area contributed by atoms with Crippen LogP contribution in [0, 0.1) is 6.92 Å². The fourth-order valence-corrected chi connectivity index (χ4v) is 2.68. The first-order valence-electron chi connectivity index (χ1n) is 8.23. The first kappa shape index (κ1) is 18.3. The minimum atomic E-state index is -0.552. The number of hydrogen-bond acceptors (Lipinski definition) is 2. The van der Waals surface area contributed by atoms with Gasteiger partial charge in [0.1, 0.15) is 5.75 Å². The van der Waals surface area contributed by atoms with Crippen LogP contribution >= 0.6 is 11.6 Å².